The molecule has 1 saturated heterocycles. The second kappa shape index (κ2) is 10.2. The van der Waals surface area contributed by atoms with E-state index < -0.39 is 36.0 Å². The first kappa shape index (κ1) is 24.2. The summed E-state index contributed by atoms with van der Waals surface area (Å²) < 4.78 is 33.2. The molecule has 34 heavy (non-hydrogen) atoms. The number of thiazole rings is 1. The summed E-state index contributed by atoms with van der Waals surface area (Å²) >= 11 is 7.65. The smallest absolute Gasteiger partial charge is 0.338 e. The van der Waals surface area contributed by atoms with Crippen LogP contribution in [0, 0.1) is 5.82 Å². The number of carboxylic acid groups (broad SMARTS) is 1. The number of aromatic nitrogens is 1. The van der Waals surface area contributed by atoms with E-state index in [0.29, 0.717) is 22.1 Å². The number of rotatable bonds is 8. The van der Waals surface area contributed by atoms with Crippen molar-refractivity contribution < 1.29 is 28.2 Å². The monoisotopic (exact) mass is 510 g/mol. The first-order chi connectivity index (χ1) is 16.3. The number of nitrogens with zero attached hydrogens (tertiary/aromatic N) is 3. The molecule has 2 N–H and O–H groups in total. The number of likely N-dealkylation sites (tertiary alicyclic amines) is 1. The van der Waals surface area contributed by atoms with Gasteiger partial charge in [0.15, 0.2) is 10.8 Å². The van der Waals surface area contributed by atoms with Gasteiger partial charge in [-0.3, -0.25) is 14.7 Å². The van der Waals surface area contributed by atoms with E-state index in [1.54, 1.807) is 23.4 Å². The molecule has 1 aromatic carbocycles. The minimum absolute atomic E-state index is 0.0188. The van der Waals surface area contributed by atoms with Gasteiger partial charge >= 0.3 is 11.9 Å². The largest absolute Gasteiger partial charge is 0.481 e. The Balaban J connectivity index is 1.79. The Morgan fingerprint density at radius 3 is 2.82 bits per heavy atom. The summed E-state index contributed by atoms with van der Waals surface area (Å²) in [5.41, 5.74) is 0.881. The quantitative estimate of drug-likeness (QED) is 0.525. The molecule has 0 bridgehead atoms. The van der Waals surface area contributed by atoms with Crippen molar-refractivity contribution in [2.45, 2.75) is 31.6 Å². The molecule has 0 amide bonds. The van der Waals surface area contributed by atoms with Gasteiger partial charge in [-0.25, -0.2) is 18.6 Å². The van der Waals surface area contributed by atoms with Crippen LogP contribution in [0.4, 0.5) is 8.78 Å². The molecule has 1 aromatic heterocycles. The minimum Gasteiger partial charge on any atom is -0.481 e. The lowest BCUT2D eigenvalue weighted by Crippen LogP contribution is -2.60. The zero-order valence-electron chi connectivity index (χ0n) is 18.0. The molecule has 0 saturated carbocycles. The van der Waals surface area contributed by atoms with Crippen molar-refractivity contribution >= 4 is 40.7 Å². The van der Waals surface area contributed by atoms with Gasteiger partial charge in [-0.1, -0.05) is 17.7 Å². The van der Waals surface area contributed by atoms with E-state index in [0.717, 1.165) is 6.07 Å². The topological polar surface area (TPSA) is 104 Å². The third-order valence-corrected chi connectivity index (χ3v) is 6.66. The number of benzene rings is 1. The summed E-state index contributed by atoms with van der Waals surface area (Å²) in [7, 11) is 0. The Labute approximate surface area is 202 Å². The average molecular weight is 511 g/mol. The van der Waals surface area contributed by atoms with Gasteiger partial charge < -0.3 is 15.2 Å². The third kappa shape index (κ3) is 4.96. The number of hydrogen-bond acceptors (Lipinski definition) is 8. The van der Waals surface area contributed by atoms with Gasteiger partial charge in [0.1, 0.15) is 18.0 Å². The van der Waals surface area contributed by atoms with E-state index in [1.807, 2.05) is 0 Å². The van der Waals surface area contributed by atoms with Crippen LogP contribution in [0.3, 0.4) is 0 Å². The molecule has 2 aromatic rings. The van der Waals surface area contributed by atoms with Crippen molar-refractivity contribution in [2.24, 2.45) is 4.99 Å². The zero-order chi connectivity index (χ0) is 24.4. The molecule has 2 aliphatic rings. The lowest BCUT2D eigenvalue weighted by molar-refractivity contribution is -0.142. The summed E-state index contributed by atoms with van der Waals surface area (Å²) in [6.07, 6.45) is -0.0646. The van der Waals surface area contributed by atoms with Crippen LogP contribution in [-0.4, -0.2) is 64.7 Å². The summed E-state index contributed by atoms with van der Waals surface area (Å²) in [6, 6.07) is 2.03. The number of carbonyl (C=O) groups excluding carboxylic acids is 1. The molecule has 3 atom stereocenters. The van der Waals surface area contributed by atoms with Crippen LogP contribution in [0.25, 0.3) is 0 Å². The normalized spacial score (nSPS) is 22.6. The van der Waals surface area contributed by atoms with Gasteiger partial charge in [0.25, 0.3) is 0 Å². The number of aliphatic imine (C=N–C) groups is 1. The van der Waals surface area contributed by atoms with Crippen LogP contribution >= 0.6 is 22.9 Å². The summed E-state index contributed by atoms with van der Waals surface area (Å²) in [5.74, 6) is -1.96. The molecule has 4 rings (SSSR count). The molecular formula is C22H21ClF2N4O4S. The first-order valence-electron chi connectivity index (χ1n) is 10.5. The molecule has 12 heteroatoms. The van der Waals surface area contributed by atoms with Gasteiger partial charge in [-0.05, 0) is 19.1 Å². The Morgan fingerprint density at radius 2 is 2.21 bits per heavy atom. The molecule has 1 fully saturated rings. The van der Waals surface area contributed by atoms with Gasteiger partial charge in [-0.2, -0.15) is 0 Å². The number of halogens is 3. The van der Waals surface area contributed by atoms with Gasteiger partial charge in [0.05, 0.1) is 24.6 Å². The Morgan fingerprint density at radius 1 is 1.41 bits per heavy atom. The van der Waals surface area contributed by atoms with Crippen molar-refractivity contribution in [3.63, 3.8) is 0 Å². The maximum absolute atomic E-state index is 14.1. The van der Waals surface area contributed by atoms with E-state index in [1.165, 1.54) is 23.5 Å². The highest BCUT2D eigenvalue weighted by Gasteiger charge is 2.43. The number of alkyl halides is 1. The highest BCUT2D eigenvalue weighted by Crippen LogP contribution is 2.37. The van der Waals surface area contributed by atoms with Crippen molar-refractivity contribution in [3.05, 3.63) is 62.5 Å². The lowest BCUT2D eigenvalue weighted by atomic mass is 9.93. The maximum Gasteiger partial charge on any atom is 0.338 e. The third-order valence-electron chi connectivity index (χ3n) is 5.55. The SMILES string of the molecule is CCOC(=O)C1=C(CN2CC(F)C2CC(=O)O)NC(c2nccs2)=NC1c1ccc(F)cc1Cl. The fraction of sp³-hybridized carbons (Fsp3) is 0.364. The Kier molecular flexibility index (Phi) is 7.24. The minimum atomic E-state index is -1.29. The summed E-state index contributed by atoms with van der Waals surface area (Å²) in [4.78, 5) is 34.8. The number of aliphatic carboxylic acids is 1. The van der Waals surface area contributed by atoms with Gasteiger partial charge in [0.2, 0.25) is 0 Å². The molecule has 3 heterocycles. The lowest BCUT2D eigenvalue weighted by Gasteiger charge is -2.44. The van der Waals surface area contributed by atoms with Crippen molar-refractivity contribution in [2.75, 3.05) is 19.7 Å². The van der Waals surface area contributed by atoms with Crippen LogP contribution in [0.1, 0.15) is 30.0 Å². The Hall–Kier alpha value is -2.89. The molecule has 0 spiro atoms. The number of esters is 1. The fourth-order valence-electron chi connectivity index (χ4n) is 3.96. The Bertz CT molecular complexity index is 1160. The number of carbonyl (C=O) groups is 2. The van der Waals surface area contributed by atoms with Crippen molar-refractivity contribution in [1.82, 2.24) is 15.2 Å². The number of nitrogens with one attached hydrogen (secondary N) is 1. The van der Waals surface area contributed by atoms with E-state index in [9.17, 15) is 18.4 Å². The zero-order valence-corrected chi connectivity index (χ0v) is 19.6. The number of ether oxygens (including phenoxy) is 1. The second-order valence-corrected chi connectivity index (χ2v) is 9.03. The molecule has 0 radical (unpaired) electrons. The molecule has 8 nitrogen and oxygen atoms in total. The first-order valence-corrected chi connectivity index (χ1v) is 11.7. The highest BCUT2D eigenvalue weighted by molar-refractivity contribution is 7.11. The second-order valence-electron chi connectivity index (χ2n) is 7.73. The molecule has 0 aliphatic carbocycles. The van der Waals surface area contributed by atoms with Gasteiger partial charge in [0, 0.05) is 40.9 Å². The summed E-state index contributed by atoms with van der Waals surface area (Å²) in [5, 5.41) is 14.6. The van der Waals surface area contributed by atoms with Crippen molar-refractivity contribution in [1.29, 1.82) is 0 Å². The predicted molar refractivity (Wildman–Crippen MR) is 122 cm³/mol. The van der Waals surface area contributed by atoms with E-state index >= 15 is 0 Å². The van der Waals surface area contributed by atoms with E-state index in [-0.39, 0.29) is 36.7 Å². The van der Waals surface area contributed by atoms with Crippen molar-refractivity contribution in [3.8, 4) is 0 Å². The fourth-order valence-corrected chi connectivity index (χ4v) is 4.82. The maximum atomic E-state index is 14.1. The van der Waals surface area contributed by atoms with E-state index in [4.69, 9.17) is 21.4 Å². The van der Waals surface area contributed by atoms with Gasteiger partial charge in [-0.15, -0.1) is 11.3 Å². The van der Waals surface area contributed by atoms with E-state index in [2.05, 4.69) is 15.3 Å². The van der Waals surface area contributed by atoms with Crippen LogP contribution in [0.5, 0.6) is 0 Å². The number of carboxylic acids is 1. The average Bonchev–Trinajstić information content (AvgIpc) is 3.32. The molecule has 2 aliphatic heterocycles. The predicted octanol–water partition coefficient (Wildman–Crippen LogP) is 3.34. The molecular weight excluding hydrogens is 490 g/mol. The molecule has 3 unspecified atom stereocenters. The summed E-state index contributed by atoms with van der Waals surface area (Å²) in [6.45, 7) is 1.82. The van der Waals surface area contributed by atoms with Crippen LogP contribution in [-0.2, 0) is 14.3 Å². The standard InChI is InChI=1S/C22H21ClF2N4O4S/c1-2-33-22(32)18-15(10-29-9-14(25)16(29)8-17(30)31)27-20(21-26-5-6-34-21)28-19(18)12-4-3-11(24)7-13(12)23/h3-7,14,16,19H,2,8-10H2,1H3,(H,27,28)(H,30,31). The van der Waals surface area contributed by atoms with Crippen LogP contribution < -0.4 is 5.32 Å². The van der Waals surface area contributed by atoms with Crippen LogP contribution in [0.2, 0.25) is 5.02 Å². The number of hydrogen-bond donors (Lipinski definition) is 2. The molecule has 180 valence electrons. The highest BCUT2D eigenvalue weighted by atomic mass is 35.5. The number of amidine groups is 1. The van der Waals surface area contributed by atoms with Crippen LogP contribution in [0.15, 0.2) is 46.0 Å².